The third-order valence-corrected chi connectivity index (χ3v) is 2.52. The topological polar surface area (TPSA) is 30.5 Å². The van der Waals surface area contributed by atoms with E-state index in [0.717, 1.165) is 18.7 Å². The average Bonchev–Trinajstić information content (AvgIpc) is 2.35. The maximum Gasteiger partial charge on any atom is 0.119 e. The normalized spacial score (nSPS) is 12.4. The Labute approximate surface area is 104 Å². The lowest BCUT2D eigenvalue weighted by Gasteiger charge is -2.18. The van der Waals surface area contributed by atoms with Crippen LogP contribution in [0.1, 0.15) is 18.9 Å². The monoisotopic (exact) mass is 237 g/mol. The van der Waals surface area contributed by atoms with Crippen LogP contribution in [-0.4, -0.2) is 32.9 Å². The number of ether oxygens (including phenoxy) is 2. The molecule has 3 heteroatoms. The lowest BCUT2D eigenvalue weighted by Crippen LogP contribution is -2.38. The zero-order valence-electron chi connectivity index (χ0n) is 11.0. The summed E-state index contributed by atoms with van der Waals surface area (Å²) in [4.78, 5) is 0. The van der Waals surface area contributed by atoms with Crippen molar-refractivity contribution in [3.8, 4) is 5.75 Å². The highest BCUT2D eigenvalue weighted by Gasteiger charge is 2.07. The van der Waals surface area contributed by atoms with E-state index >= 15 is 0 Å². The molecule has 0 saturated carbocycles. The fraction of sp³-hybridized carbons (Fsp3) is 0.571. The van der Waals surface area contributed by atoms with E-state index in [1.54, 1.807) is 7.11 Å². The molecule has 3 nitrogen and oxygen atoms in total. The lowest BCUT2D eigenvalue weighted by atomic mass is 10.2. The highest BCUT2D eigenvalue weighted by Crippen LogP contribution is 2.11. The lowest BCUT2D eigenvalue weighted by molar-refractivity contribution is 0.136. The minimum Gasteiger partial charge on any atom is -0.492 e. The summed E-state index contributed by atoms with van der Waals surface area (Å²) in [7, 11) is 1.71. The Hall–Kier alpha value is -1.06. The molecule has 0 amide bonds. The van der Waals surface area contributed by atoms with Gasteiger partial charge in [-0.15, -0.1) is 0 Å². The van der Waals surface area contributed by atoms with E-state index in [2.05, 4.69) is 31.3 Å². The third-order valence-electron chi connectivity index (χ3n) is 2.52. The van der Waals surface area contributed by atoms with Crippen LogP contribution in [0.4, 0.5) is 0 Å². The van der Waals surface area contributed by atoms with Gasteiger partial charge in [-0.25, -0.2) is 0 Å². The molecule has 1 atom stereocenters. The van der Waals surface area contributed by atoms with Crippen LogP contribution in [0, 0.1) is 6.92 Å². The second kappa shape index (κ2) is 8.09. The van der Waals surface area contributed by atoms with E-state index in [4.69, 9.17) is 9.47 Å². The number of rotatable bonds is 8. The first-order valence-electron chi connectivity index (χ1n) is 6.18. The zero-order chi connectivity index (χ0) is 12.5. The van der Waals surface area contributed by atoms with Gasteiger partial charge in [-0.05, 0) is 32.0 Å². The van der Waals surface area contributed by atoms with Crippen molar-refractivity contribution in [3.05, 3.63) is 29.8 Å². The largest absolute Gasteiger partial charge is 0.492 e. The highest BCUT2D eigenvalue weighted by molar-refractivity contribution is 5.26. The van der Waals surface area contributed by atoms with Gasteiger partial charge < -0.3 is 14.8 Å². The van der Waals surface area contributed by atoms with Gasteiger partial charge in [-0.2, -0.15) is 0 Å². The van der Waals surface area contributed by atoms with Crippen LogP contribution in [0.5, 0.6) is 5.75 Å². The van der Waals surface area contributed by atoms with Gasteiger partial charge in [0.2, 0.25) is 0 Å². The van der Waals surface area contributed by atoms with Gasteiger partial charge in [0, 0.05) is 7.11 Å². The fourth-order valence-electron chi connectivity index (χ4n) is 1.55. The summed E-state index contributed by atoms with van der Waals surface area (Å²) in [5.74, 6) is 0.912. The molecule has 0 aromatic heterocycles. The molecular formula is C14H23NO2. The Bertz CT molecular complexity index is 298. The predicted molar refractivity (Wildman–Crippen MR) is 70.6 cm³/mol. The van der Waals surface area contributed by atoms with Crippen LogP contribution in [0.2, 0.25) is 0 Å². The quantitative estimate of drug-likeness (QED) is 0.753. The van der Waals surface area contributed by atoms with Gasteiger partial charge >= 0.3 is 0 Å². The van der Waals surface area contributed by atoms with E-state index in [-0.39, 0.29) is 6.04 Å². The molecule has 0 saturated heterocycles. The highest BCUT2D eigenvalue weighted by atomic mass is 16.5. The first kappa shape index (κ1) is 14.0. The number of hydrogen-bond donors (Lipinski definition) is 1. The molecule has 17 heavy (non-hydrogen) atoms. The van der Waals surface area contributed by atoms with E-state index < -0.39 is 0 Å². The van der Waals surface area contributed by atoms with Crippen LogP contribution in [0.25, 0.3) is 0 Å². The van der Waals surface area contributed by atoms with Crippen LogP contribution in [0.3, 0.4) is 0 Å². The SMILES string of the molecule is CCCNC(COC)COc1ccc(C)cc1. The molecule has 0 aliphatic rings. The minimum absolute atomic E-state index is 0.251. The first-order chi connectivity index (χ1) is 8.26. The molecule has 1 aromatic rings. The van der Waals surface area contributed by atoms with Crippen LogP contribution in [-0.2, 0) is 4.74 Å². The molecule has 0 spiro atoms. The van der Waals surface area contributed by atoms with Crippen molar-refractivity contribution < 1.29 is 9.47 Å². The second-order valence-corrected chi connectivity index (χ2v) is 4.23. The summed E-state index contributed by atoms with van der Waals surface area (Å²) in [6, 6.07) is 8.36. The van der Waals surface area contributed by atoms with E-state index in [1.807, 2.05) is 12.1 Å². The van der Waals surface area contributed by atoms with Gasteiger partial charge in [0.15, 0.2) is 0 Å². The molecule has 0 heterocycles. The number of nitrogens with one attached hydrogen (secondary N) is 1. The smallest absolute Gasteiger partial charge is 0.119 e. The van der Waals surface area contributed by atoms with Crippen molar-refractivity contribution in [2.24, 2.45) is 0 Å². The first-order valence-corrected chi connectivity index (χ1v) is 6.18. The standard InChI is InChI=1S/C14H23NO2/c1-4-9-15-13(10-16-3)11-17-14-7-5-12(2)6-8-14/h5-8,13,15H,4,9-11H2,1-3H3. The summed E-state index contributed by atoms with van der Waals surface area (Å²) in [5.41, 5.74) is 1.25. The van der Waals surface area contributed by atoms with Crippen molar-refractivity contribution in [3.63, 3.8) is 0 Å². The van der Waals surface area contributed by atoms with Crippen LogP contribution < -0.4 is 10.1 Å². The molecule has 96 valence electrons. The van der Waals surface area contributed by atoms with Crippen molar-refractivity contribution in [1.29, 1.82) is 0 Å². The molecule has 0 bridgehead atoms. The number of hydrogen-bond acceptors (Lipinski definition) is 3. The average molecular weight is 237 g/mol. The summed E-state index contributed by atoms with van der Waals surface area (Å²) < 4.78 is 10.9. The maximum absolute atomic E-state index is 5.73. The van der Waals surface area contributed by atoms with Crippen molar-refractivity contribution in [1.82, 2.24) is 5.32 Å². The maximum atomic E-state index is 5.73. The Morgan fingerprint density at radius 2 is 1.88 bits per heavy atom. The molecule has 1 aromatic carbocycles. The third kappa shape index (κ3) is 5.71. The molecule has 1 N–H and O–H groups in total. The molecule has 0 radical (unpaired) electrons. The molecule has 0 fully saturated rings. The Kier molecular flexibility index (Phi) is 6.67. The molecule has 0 aliphatic heterocycles. The van der Waals surface area contributed by atoms with Gasteiger partial charge in [0.1, 0.15) is 12.4 Å². The van der Waals surface area contributed by atoms with E-state index in [0.29, 0.717) is 13.2 Å². The van der Waals surface area contributed by atoms with Crippen molar-refractivity contribution in [2.45, 2.75) is 26.3 Å². The van der Waals surface area contributed by atoms with Crippen molar-refractivity contribution in [2.75, 3.05) is 26.9 Å². The van der Waals surface area contributed by atoms with Crippen molar-refractivity contribution >= 4 is 0 Å². The van der Waals surface area contributed by atoms with Crippen LogP contribution >= 0.6 is 0 Å². The van der Waals surface area contributed by atoms with Gasteiger partial charge in [-0.3, -0.25) is 0 Å². The van der Waals surface area contributed by atoms with Crippen LogP contribution in [0.15, 0.2) is 24.3 Å². The zero-order valence-corrected chi connectivity index (χ0v) is 11.0. The summed E-state index contributed by atoms with van der Waals surface area (Å²) in [6.45, 7) is 6.52. The summed E-state index contributed by atoms with van der Waals surface area (Å²) in [5, 5.41) is 3.40. The van der Waals surface area contributed by atoms with Gasteiger partial charge in [0.25, 0.3) is 0 Å². The minimum atomic E-state index is 0.251. The molecule has 1 unspecified atom stereocenters. The summed E-state index contributed by atoms with van der Waals surface area (Å²) in [6.07, 6.45) is 1.12. The Balaban J connectivity index is 2.37. The van der Waals surface area contributed by atoms with E-state index in [1.165, 1.54) is 5.56 Å². The Morgan fingerprint density at radius 1 is 1.18 bits per heavy atom. The predicted octanol–water partition coefficient (Wildman–Crippen LogP) is 2.39. The molecular weight excluding hydrogens is 214 g/mol. The number of methoxy groups -OCH3 is 1. The second-order valence-electron chi connectivity index (χ2n) is 4.23. The fourth-order valence-corrected chi connectivity index (χ4v) is 1.55. The molecule has 0 aliphatic carbocycles. The Morgan fingerprint density at radius 3 is 2.47 bits per heavy atom. The number of aryl methyl sites for hydroxylation is 1. The summed E-state index contributed by atoms with van der Waals surface area (Å²) >= 11 is 0. The van der Waals surface area contributed by atoms with E-state index in [9.17, 15) is 0 Å². The molecule has 1 rings (SSSR count). The van der Waals surface area contributed by atoms with Gasteiger partial charge in [-0.1, -0.05) is 24.6 Å². The van der Waals surface area contributed by atoms with Gasteiger partial charge in [0.05, 0.1) is 12.6 Å². The number of benzene rings is 1.